The van der Waals surface area contributed by atoms with Gasteiger partial charge in [0.1, 0.15) is 6.04 Å². The van der Waals surface area contributed by atoms with Crippen molar-refractivity contribution in [3.8, 4) is 0 Å². The van der Waals surface area contributed by atoms with Gasteiger partial charge in [-0.05, 0) is 36.8 Å². The summed E-state index contributed by atoms with van der Waals surface area (Å²) in [7, 11) is 0. The second-order valence-electron chi connectivity index (χ2n) is 6.57. The lowest BCUT2D eigenvalue weighted by Crippen LogP contribution is -2.47. The van der Waals surface area contributed by atoms with E-state index in [0.717, 1.165) is 25.9 Å². The number of fused-ring (bicyclic) bond motifs is 1. The highest BCUT2D eigenvalue weighted by atomic mass is 16.2. The van der Waals surface area contributed by atoms with Gasteiger partial charge in [0.05, 0.1) is 0 Å². The van der Waals surface area contributed by atoms with Gasteiger partial charge >= 0.3 is 0 Å². The number of carbonyl (C=O) groups is 2. The minimum Gasteiger partial charge on any atom is -0.358 e. The minimum atomic E-state index is -0.299. The number of benzene rings is 1. The van der Waals surface area contributed by atoms with Crippen molar-refractivity contribution < 1.29 is 9.59 Å². The molecule has 0 unspecified atom stereocenters. The maximum atomic E-state index is 12.4. The van der Waals surface area contributed by atoms with Crippen LogP contribution in [0.1, 0.15) is 37.3 Å². The van der Waals surface area contributed by atoms with Crippen LogP contribution in [0.15, 0.2) is 30.3 Å². The van der Waals surface area contributed by atoms with E-state index in [9.17, 15) is 9.59 Å². The predicted molar refractivity (Wildman–Crippen MR) is 88.0 cm³/mol. The summed E-state index contributed by atoms with van der Waals surface area (Å²) in [6, 6.07) is 10.2. The Kier molecular flexibility index (Phi) is 3.56. The molecule has 4 rings (SSSR count). The van der Waals surface area contributed by atoms with Crippen molar-refractivity contribution in [3.05, 3.63) is 36.0 Å². The SMILES string of the molecule is O=C1CC[C@@H](C(=O)N2CCC(c3cc4ccccc4[nH]3)CC2)N1. The summed E-state index contributed by atoms with van der Waals surface area (Å²) in [5, 5.41) is 4.02. The Bertz CT molecular complexity index is 711. The zero-order valence-corrected chi connectivity index (χ0v) is 13.0. The molecular weight excluding hydrogens is 290 g/mol. The van der Waals surface area contributed by atoms with Gasteiger partial charge in [-0.3, -0.25) is 9.59 Å². The summed E-state index contributed by atoms with van der Waals surface area (Å²) in [5.41, 5.74) is 2.45. The summed E-state index contributed by atoms with van der Waals surface area (Å²) < 4.78 is 0. The zero-order valence-electron chi connectivity index (χ0n) is 13.0. The summed E-state index contributed by atoms with van der Waals surface area (Å²) in [5.74, 6) is 0.562. The molecule has 5 heteroatoms. The van der Waals surface area contributed by atoms with Crippen LogP contribution >= 0.6 is 0 Å². The molecule has 3 heterocycles. The van der Waals surface area contributed by atoms with Crippen LogP contribution in [-0.2, 0) is 9.59 Å². The standard InChI is InChI=1S/C18H21N3O2/c22-17-6-5-15(20-17)18(23)21-9-7-12(8-10-21)16-11-13-3-1-2-4-14(13)19-16/h1-4,11-12,15,19H,5-10H2,(H,20,22)/t15-/m0/s1. The first-order chi connectivity index (χ1) is 11.2. The largest absolute Gasteiger partial charge is 0.358 e. The van der Waals surface area contributed by atoms with Gasteiger partial charge in [-0.1, -0.05) is 18.2 Å². The van der Waals surface area contributed by atoms with Gasteiger partial charge < -0.3 is 15.2 Å². The normalized spacial score (nSPS) is 22.5. The number of nitrogens with one attached hydrogen (secondary N) is 2. The number of likely N-dealkylation sites (tertiary alicyclic amines) is 1. The molecule has 0 bridgehead atoms. The van der Waals surface area contributed by atoms with Crippen LogP contribution in [0.5, 0.6) is 0 Å². The van der Waals surface area contributed by atoms with E-state index in [-0.39, 0.29) is 17.9 Å². The maximum Gasteiger partial charge on any atom is 0.245 e. The first-order valence-corrected chi connectivity index (χ1v) is 8.36. The number of aromatic amines is 1. The van der Waals surface area contributed by atoms with Crippen LogP contribution in [-0.4, -0.2) is 40.8 Å². The molecule has 0 radical (unpaired) electrons. The van der Waals surface area contributed by atoms with E-state index in [1.807, 2.05) is 11.0 Å². The molecule has 2 fully saturated rings. The number of aromatic nitrogens is 1. The molecule has 1 atom stereocenters. The average molecular weight is 311 g/mol. The van der Waals surface area contributed by atoms with E-state index in [1.165, 1.54) is 16.6 Å². The smallest absolute Gasteiger partial charge is 0.245 e. The van der Waals surface area contributed by atoms with Crippen molar-refractivity contribution in [1.82, 2.24) is 15.2 Å². The molecule has 2 aliphatic heterocycles. The number of nitrogens with zero attached hydrogens (tertiary/aromatic N) is 1. The second-order valence-corrected chi connectivity index (χ2v) is 6.57. The Morgan fingerprint density at radius 3 is 2.61 bits per heavy atom. The lowest BCUT2D eigenvalue weighted by Gasteiger charge is -2.33. The highest BCUT2D eigenvalue weighted by Gasteiger charge is 2.33. The molecule has 23 heavy (non-hydrogen) atoms. The van der Waals surface area contributed by atoms with E-state index < -0.39 is 0 Å². The lowest BCUT2D eigenvalue weighted by molar-refractivity contribution is -0.135. The van der Waals surface area contributed by atoms with Crippen molar-refractivity contribution in [1.29, 1.82) is 0 Å². The van der Waals surface area contributed by atoms with Gasteiger partial charge in [-0.25, -0.2) is 0 Å². The molecule has 0 spiro atoms. The Morgan fingerprint density at radius 1 is 1.13 bits per heavy atom. The predicted octanol–water partition coefficient (Wildman–Crippen LogP) is 2.15. The monoisotopic (exact) mass is 311 g/mol. The molecule has 1 aromatic heterocycles. The van der Waals surface area contributed by atoms with Crippen molar-refractivity contribution >= 4 is 22.7 Å². The number of carbonyl (C=O) groups excluding carboxylic acids is 2. The Balaban J connectivity index is 1.40. The minimum absolute atomic E-state index is 0.00342. The maximum absolute atomic E-state index is 12.4. The van der Waals surface area contributed by atoms with Gasteiger partial charge in [0, 0.05) is 36.6 Å². The molecule has 2 aromatic rings. The number of rotatable bonds is 2. The van der Waals surface area contributed by atoms with Gasteiger partial charge in [0.2, 0.25) is 11.8 Å². The van der Waals surface area contributed by atoms with Crippen LogP contribution in [0, 0.1) is 0 Å². The molecule has 2 amide bonds. The summed E-state index contributed by atoms with van der Waals surface area (Å²) >= 11 is 0. The van der Waals surface area contributed by atoms with E-state index in [4.69, 9.17) is 0 Å². The zero-order chi connectivity index (χ0) is 15.8. The molecule has 2 saturated heterocycles. The Labute approximate surface area is 135 Å². The molecule has 2 N–H and O–H groups in total. The third-order valence-corrected chi connectivity index (χ3v) is 5.09. The molecule has 0 aliphatic carbocycles. The molecule has 2 aliphatic rings. The third kappa shape index (κ3) is 2.71. The van der Waals surface area contributed by atoms with Crippen molar-refractivity contribution in [2.24, 2.45) is 0 Å². The topological polar surface area (TPSA) is 65.2 Å². The highest BCUT2D eigenvalue weighted by molar-refractivity contribution is 5.90. The third-order valence-electron chi connectivity index (χ3n) is 5.09. The van der Waals surface area contributed by atoms with E-state index >= 15 is 0 Å². The molecular formula is C18H21N3O2. The van der Waals surface area contributed by atoms with Crippen LogP contribution in [0.4, 0.5) is 0 Å². The van der Waals surface area contributed by atoms with Crippen molar-refractivity contribution in [2.75, 3.05) is 13.1 Å². The first kappa shape index (κ1) is 14.3. The first-order valence-electron chi connectivity index (χ1n) is 8.36. The van der Waals surface area contributed by atoms with Crippen molar-refractivity contribution in [3.63, 3.8) is 0 Å². The van der Waals surface area contributed by atoms with E-state index in [1.54, 1.807) is 0 Å². The number of H-pyrrole nitrogens is 1. The Hall–Kier alpha value is -2.30. The summed E-state index contributed by atoms with van der Waals surface area (Å²) in [6.45, 7) is 1.54. The summed E-state index contributed by atoms with van der Waals surface area (Å²) in [4.78, 5) is 29.1. The Morgan fingerprint density at radius 2 is 1.91 bits per heavy atom. The quantitative estimate of drug-likeness (QED) is 0.892. The van der Waals surface area contributed by atoms with Crippen LogP contribution in [0.3, 0.4) is 0 Å². The number of amides is 2. The molecule has 5 nitrogen and oxygen atoms in total. The second kappa shape index (κ2) is 5.72. The number of hydrogen-bond donors (Lipinski definition) is 2. The van der Waals surface area contributed by atoms with Crippen LogP contribution in [0.25, 0.3) is 10.9 Å². The fourth-order valence-corrected chi connectivity index (χ4v) is 3.75. The summed E-state index contributed by atoms with van der Waals surface area (Å²) in [6.07, 6.45) is 3.06. The van der Waals surface area contributed by atoms with Crippen LogP contribution < -0.4 is 5.32 Å². The van der Waals surface area contributed by atoms with Crippen LogP contribution in [0.2, 0.25) is 0 Å². The fourth-order valence-electron chi connectivity index (χ4n) is 3.75. The highest BCUT2D eigenvalue weighted by Crippen LogP contribution is 2.30. The number of para-hydroxylation sites is 1. The van der Waals surface area contributed by atoms with Gasteiger partial charge in [-0.2, -0.15) is 0 Å². The molecule has 1 aromatic carbocycles. The average Bonchev–Trinajstić information content (AvgIpc) is 3.20. The van der Waals surface area contributed by atoms with Crippen molar-refractivity contribution in [2.45, 2.75) is 37.6 Å². The molecule has 120 valence electrons. The number of piperidine rings is 1. The van der Waals surface area contributed by atoms with Gasteiger partial charge in [0.25, 0.3) is 0 Å². The molecule has 0 saturated carbocycles. The van der Waals surface area contributed by atoms with E-state index in [2.05, 4.69) is 34.6 Å². The number of hydrogen-bond acceptors (Lipinski definition) is 2. The van der Waals surface area contributed by atoms with Gasteiger partial charge in [-0.15, -0.1) is 0 Å². The fraction of sp³-hybridized carbons (Fsp3) is 0.444. The van der Waals surface area contributed by atoms with E-state index in [0.29, 0.717) is 18.8 Å². The van der Waals surface area contributed by atoms with Gasteiger partial charge in [0.15, 0.2) is 0 Å². The lowest BCUT2D eigenvalue weighted by atomic mass is 9.93.